The van der Waals surface area contributed by atoms with E-state index in [0.717, 1.165) is 11.1 Å². The first-order chi connectivity index (χ1) is 11.2. The Hall–Kier alpha value is -2.65. The van der Waals surface area contributed by atoms with Gasteiger partial charge < -0.3 is 0 Å². The second kappa shape index (κ2) is 5.21. The van der Waals surface area contributed by atoms with Crippen LogP contribution in [0.5, 0.6) is 0 Å². The lowest BCUT2D eigenvalue weighted by Gasteiger charge is -2.24. The SMILES string of the molecule is O=C1C2=C(C(=O)c3ccccc31)C(=S)CC(c1ccccc1)=C2. The minimum atomic E-state index is -0.136. The zero-order valence-corrected chi connectivity index (χ0v) is 13.0. The second-order valence-corrected chi connectivity index (χ2v) is 6.12. The molecule has 2 aliphatic rings. The van der Waals surface area contributed by atoms with Gasteiger partial charge in [0.1, 0.15) is 0 Å². The lowest BCUT2D eigenvalue weighted by molar-refractivity contribution is 0.0982. The van der Waals surface area contributed by atoms with Gasteiger partial charge in [0.15, 0.2) is 11.6 Å². The standard InChI is InChI=1S/C20H12O2S/c21-19-14-8-4-5-9-15(14)20(22)18-16(19)10-13(11-17(18)23)12-6-2-1-3-7-12/h1-10H,11H2. The predicted molar refractivity (Wildman–Crippen MR) is 93.8 cm³/mol. The smallest absolute Gasteiger partial charge is 0.195 e. The Balaban J connectivity index is 1.91. The van der Waals surface area contributed by atoms with Gasteiger partial charge in [-0.05, 0) is 17.2 Å². The molecule has 2 aliphatic carbocycles. The Morgan fingerprint density at radius 3 is 2.09 bits per heavy atom. The molecule has 0 heterocycles. The summed E-state index contributed by atoms with van der Waals surface area (Å²) in [5.41, 5.74) is 3.77. The quantitative estimate of drug-likeness (QED) is 0.739. The molecule has 4 rings (SSSR count). The molecule has 0 aromatic heterocycles. The van der Waals surface area contributed by atoms with Gasteiger partial charge in [0.2, 0.25) is 0 Å². The molecule has 0 spiro atoms. The van der Waals surface area contributed by atoms with Gasteiger partial charge in [0.05, 0.1) is 0 Å². The fourth-order valence-corrected chi connectivity index (χ4v) is 3.49. The summed E-state index contributed by atoms with van der Waals surface area (Å²) in [6.45, 7) is 0. The Labute approximate surface area is 139 Å². The molecule has 0 N–H and O–H groups in total. The summed E-state index contributed by atoms with van der Waals surface area (Å²) < 4.78 is 0. The first-order valence-electron chi connectivity index (χ1n) is 7.38. The number of carbonyl (C=O) groups is 2. The molecule has 2 aromatic rings. The zero-order valence-electron chi connectivity index (χ0n) is 12.2. The monoisotopic (exact) mass is 316 g/mol. The summed E-state index contributed by atoms with van der Waals surface area (Å²) in [6, 6.07) is 16.8. The van der Waals surface area contributed by atoms with Crippen LogP contribution in [0.25, 0.3) is 5.57 Å². The minimum Gasteiger partial charge on any atom is -0.289 e. The van der Waals surface area contributed by atoms with E-state index in [-0.39, 0.29) is 11.6 Å². The van der Waals surface area contributed by atoms with E-state index in [4.69, 9.17) is 12.2 Å². The topological polar surface area (TPSA) is 34.1 Å². The number of ketones is 2. The lowest BCUT2D eigenvalue weighted by atomic mass is 9.77. The molecule has 0 aliphatic heterocycles. The summed E-state index contributed by atoms with van der Waals surface area (Å²) >= 11 is 5.47. The number of carbonyl (C=O) groups excluding carboxylic acids is 2. The molecule has 0 saturated carbocycles. The molecule has 2 nitrogen and oxygen atoms in total. The Bertz CT molecular complexity index is 933. The molecule has 0 radical (unpaired) electrons. The highest BCUT2D eigenvalue weighted by molar-refractivity contribution is 7.81. The van der Waals surface area contributed by atoms with Crippen LogP contribution in [-0.2, 0) is 0 Å². The molecule has 2 aromatic carbocycles. The number of allylic oxidation sites excluding steroid dienone is 4. The van der Waals surface area contributed by atoms with Crippen molar-refractivity contribution in [1.29, 1.82) is 0 Å². The van der Waals surface area contributed by atoms with E-state index in [9.17, 15) is 9.59 Å². The number of hydrogen-bond acceptors (Lipinski definition) is 3. The van der Waals surface area contributed by atoms with E-state index >= 15 is 0 Å². The van der Waals surface area contributed by atoms with E-state index in [1.807, 2.05) is 36.4 Å². The fraction of sp³-hybridized carbons (Fsp3) is 0.0500. The normalized spacial score (nSPS) is 16.9. The van der Waals surface area contributed by atoms with Gasteiger partial charge in [-0.15, -0.1) is 0 Å². The molecule has 110 valence electrons. The van der Waals surface area contributed by atoms with Crippen molar-refractivity contribution in [2.45, 2.75) is 6.42 Å². The van der Waals surface area contributed by atoms with Crippen molar-refractivity contribution in [1.82, 2.24) is 0 Å². The molecule has 0 atom stereocenters. The first kappa shape index (κ1) is 14.0. The van der Waals surface area contributed by atoms with Crippen LogP contribution in [0, 0.1) is 0 Å². The van der Waals surface area contributed by atoms with Crippen LogP contribution in [-0.4, -0.2) is 16.4 Å². The van der Waals surface area contributed by atoms with Crippen LogP contribution in [0.1, 0.15) is 32.7 Å². The zero-order chi connectivity index (χ0) is 16.0. The number of benzene rings is 2. The van der Waals surface area contributed by atoms with Crippen molar-refractivity contribution in [3.63, 3.8) is 0 Å². The summed E-state index contributed by atoms with van der Waals surface area (Å²) in [5, 5.41) is 0. The first-order valence-corrected chi connectivity index (χ1v) is 7.79. The Morgan fingerprint density at radius 2 is 1.39 bits per heavy atom. The van der Waals surface area contributed by atoms with Crippen molar-refractivity contribution in [2.24, 2.45) is 0 Å². The van der Waals surface area contributed by atoms with Gasteiger partial charge in [-0.2, -0.15) is 0 Å². The summed E-state index contributed by atoms with van der Waals surface area (Å²) in [4.78, 5) is 26.1. The average Bonchev–Trinajstić information content (AvgIpc) is 2.60. The molecular formula is C20H12O2S. The highest BCUT2D eigenvalue weighted by Gasteiger charge is 2.35. The molecule has 3 heteroatoms. The van der Waals surface area contributed by atoms with E-state index in [2.05, 4.69) is 0 Å². The highest BCUT2D eigenvalue weighted by Crippen LogP contribution is 2.36. The van der Waals surface area contributed by atoms with E-state index in [0.29, 0.717) is 33.6 Å². The molecule has 0 amide bonds. The van der Waals surface area contributed by atoms with E-state index < -0.39 is 0 Å². The Kier molecular flexibility index (Phi) is 3.17. The van der Waals surface area contributed by atoms with E-state index in [1.54, 1.807) is 24.3 Å². The maximum Gasteiger partial charge on any atom is 0.195 e. The fourth-order valence-electron chi connectivity index (χ4n) is 3.13. The van der Waals surface area contributed by atoms with Gasteiger partial charge in [0.25, 0.3) is 0 Å². The number of rotatable bonds is 1. The third kappa shape index (κ3) is 2.13. The van der Waals surface area contributed by atoms with Crippen LogP contribution in [0.3, 0.4) is 0 Å². The van der Waals surface area contributed by atoms with E-state index in [1.165, 1.54) is 0 Å². The number of fused-ring (bicyclic) bond motifs is 1. The molecule has 0 bridgehead atoms. The molecule has 23 heavy (non-hydrogen) atoms. The Morgan fingerprint density at radius 1 is 0.783 bits per heavy atom. The molecule has 0 unspecified atom stereocenters. The van der Waals surface area contributed by atoms with Crippen LogP contribution in [0.15, 0.2) is 71.8 Å². The van der Waals surface area contributed by atoms with Gasteiger partial charge >= 0.3 is 0 Å². The van der Waals surface area contributed by atoms with Crippen molar-refractivity contribution >= 4 is 34.2 Å². The van der Waals surface area contributed by atoms with Crippen LogP contribution >= 0.6 is 12.2 Å². The number of hydrogen-bond donors (Lipinski definition) is 0. The molecule has 0 saturated heterocycles. The molecular weight excluding hydrogens is 304 g/mol. The third-order valence-electron chi connectivity index (χ3n) is 4.25. The van der Waals surface area contributed by atoms with Gasteiger partial charge in [-0.3, -0.25) is 9.59 Å². The van der Waals surface area contributed by atoms with Gasteiger partial charge in [0, 0.05) is 33.6 Å². The lowest BCUT2D eigenvalue weighted by Crippen LogP contribution is -2.27. The van der Waals surface area contributed by atoms with Gasteiger partial charge in [-0.1, -0.05) is 66.8 Å². The number of Topliss-reactive ketones (excluding diaryl/α,β-unsaturated/α-hetero) is 2. The minimum absolute atomic E-state index is 0.120. The summed E-state index contributed by atoms with van der Waals surface area (Å²) in [6.07, 6.45) is 2.34. The second-order valence-electron chi connectivity index (χ2n) is 5.63. The summed E-state index contributed by atoms with van der Waals surface area (Å²) in [7, 11) is 0. The van der Waals surface area contributed by atoms with Gasteiger partial charge in [-0.25, -0.2) is 0 Å². The average molecular weight is 316 g/mol. The maximum absolute atomic E-state index is 12.8. The van der Waals surface area contributed by atoms with Crippen molar-refractivity contribution in [3.05, 3.63) is 88.5 Å². The summed E-state index contributed by atoms with van der Waals surface area (Å²) in [5.74, 6) is -0.255. The maximum atomic E-state index is 12.8. The number of thiocarbonyl (C=S) groups is 1. The predicted octanol–water partition coefficient (Wildman–Crippen LogP) is 4.22. The highest BCUT2D eigenvalue weighted by atomic mass is 32.1. The largest absolute Gasteiger partial charge is 0.289 e. The van der Waals surface area contributed by atoms with Crippen LogP contribution in [0.2, 0.25) is 0 Å². The van der Waals surface area contributed by atoms with Crippen molar-refractivity contribution < 1.29 is 9.59 Å². The van der Waals surface area contributed by atoms with Crippen molar-refractivity contribution in [3.8, 4) is 0 Å². The van der Waals surface area contributed by atoms with Crippen molar-refractivity contribution in [2.75, 3.05) is 0 Å². The third-order valence-corrected chi connectivity index (χ3v) is 4.60. The molecule has 0 fully saturated rings. The van der Waals surface area contributed by atoms with Crippen LogP contribution in [0.4, 0.5) is 0 Å². The van der Waals surface area contributed by atoms with Crippen LogP contribution < -0.4 is 0 Å².